The third kappa shape index (κ3) is 4.44. The first kappa shape index (κ1) is 18.2. The fraction of sp³-hybridized carbons (Fsp3) is 0.222. The van der Waals surface area contributed by atoms with Crippen LogP contribution < -0.4 is 15.8 Å². The van der Waals surface area contributed by atoms with Crippen molar-refractivity contribution in [3.63, 3.8) is 0 Å². The van der Waals surface area contributed by atoms with Crippen molar-refractivity contribution in [3.8, 4) is 17.6 Å². The summed E-state index contributed by atoms with van der Waals surface area (Å²) >= 11 is 0. The normalized spacial score (nSPS) is 9.92. The molecule has 1 aromatic carbocycles. The molecule has 25 heavy (non-hydrogen) atoms. The lowest BCUT2D eigenvalue weighted by Crippen LogP contribution is -2.17. The van der Waals surface area contributed by atoms with Gasteiger partial charge in [0, 0.05) is 12.0 Å². The van der Waals surface area contributed by atoms with E-state index in [1.165, 1.54) is 31.2 Å². The smallest absolute Gasteiger partial charge is 0.259 e. The Kier molecular flexibility index (Phi) is 5.90. The molecule has 0 atom stereocenters. The number of nitrogens with one attached hydrogen (secondary N) is 1. The van der Waals surface area contributed by atoms with Crippen LogP contribution in [0.2, 0.25) is 0 Å². The van der Waals surface area contributed by atoms with E-state index >= 15 is 0 Å². The summed E-state index contributed by atoms with van der Waals surface area (Å²) in [7, 11) is 0. The van der Waals surface area contributed by atoms with Gasteiger partial charge >= 0.3 is 0 Å². The van der Waals surface area contributed by atoms with Crippen LogP contribution in [-0.2, 0) is 0 Å². The van der Waals surface area contributed by atoms with Gasteiger partial charge in [0.15, 0.2) is 11.6 Å². The minimum Gasteiger partial charge on any atom is -0.478 e. The molecule has 0 bridgehead atoms. The molecule has 0 saturated heterocycles. The highest BCUT2D eigenvalue weighted by Crippen LogP contribution is 2.25. The van der Waals surface area contributed by atoms with Crippen LogP contribution in [0.5, 0.6) is 5.75 Å². The Labute approximate surface area is 144 Å². The standard InChI is InChI=1S/C18H17F2N3O2/c1-3-4-5-9-25-14-8-6-7-13(15(14)19)22-18(24)12-10-11(2)16(20)23-17(12)21/h6-8,10H,3,9H2,1-2H3,(H2,21,23)(H,22,24). The van der Waals surface area contributed by atoms with Gasteiger partial charge in [0.2, 0.25) is 5.95 Å². The number of pyridine rings is 1. The van der Waals surface area contributed by atoms with Crippen molar-refractivity contribution < 1.29 is 18.3 Å². The Morgan fingerprint density at radius 1 is 1.36 bits per heavy atom. The summed E-state index contributed by atoms with van der Waals surface area (Å²) in [6, 6.07) is 5.58. The monoisotopic (exact) mass is 345 g/mol. The van der Waals surface area contributed by atoms with E-state index in [0.29, 0.717) is 6.42 Å². The number of nitrogens with two attached hydrogens (primary N) is 1. The average molecular weight is 345 g/mol. The number of carbonyl (C=O) groups is 1. The zero-order valence-corrected chi connectivity index (χ0v) is 13.8. The number of anilines is 2. The lowest BCUT2D eigenvalue weighted by molar-refractivity contribution is 0.102. The van der Waals surface area contributed by atoms with Crippen LogP contribution in [0.1, 0.15) is 29.3 Å². The topological polar surface area (TPSA) is 77.2 Å². The molecule has 1 aromatic heterocycles. The molecule has 2 rings (SSSR count). The van der Waals surface area contributed by atoms with E-state index in [1.807, 2.05) is 6.92 Å². The second kappa shape index (κ2) is 8.11. The predicted molar refractivity (Wildman–Crippen MR) is 91.3 cm³/mol. The second-order valence-electron chi connectivity index (χ2n) is 5.10. The number of nitrogen functional groups attached to an aromatic ring is 1. The van der Waals surface area contributed by atoms with Gasteiger partial charge < -0.3 is 15.8 Å². The van der Waals surface area contributed by atoms with E-state index in [0.717, 1.165) is 0 Å². The number of hydrogen-bond acceptors (Lipinski definition) is 4. The van der Waals surface area contributed by atoms with E-state index in [4.69, 9.17) is 10.5 Å². The van der Waals surface area contributed by atoms with Crippen LogP contribution >= 0.6 is 0 Å². The van der Waals surface area contributed by atoms with E-state index in [9.17, 15) is 13.6 Å². The van der Waals surface area contributed by atoms with Gasteiger partial charge in [-0.05, 0) is 25.1 Å². The first-order chi connectivity index (χ1) is 11.9. The lowest BCUT2D eigenvalue weighted by atomic mass is 10.1. The molecule has 5 nitrogen and oxygen atoms in total. The van der Waals surface area contributed by atoms with Gasteiger partial charge in [-0.15, -0.1) is 5.92 Å². The molecule has 0 radical (unpaired) electrons. The largest absolute Gasteiger partial charge is 0.478 e. The van der Waals surface area contributed by atoms with Gasteiger partial charge in [0.05, 0.1) is 11.3 Å². The molecule has 2 aromatic rings. The molecular weight excluding hydrogens is 328 g/mol. The maximum absolute atomic E-state index is 14.4. The van der Waals surface area contributed by atoms with Crippen molar-refractivity contribution in [1.29, 1.82) is 0 Å². The van der Waals surface area contributed by atoms with Crippen molar-refractivity contribution in [3.05, 3.63) is 47.2 Å². The van der Waals surface area contributed by atoms with Crippen LogP contribution in [0.4, 0.5) is 20.3 Å². The molecule has 1 amide bonds. The molecule has 130 valence electrons. The summed E-state index contributed by atoms with van der Waals surface area (Å²) in [5.74, 6) is 3.02. The third-order valence-electron chi connectivity index (χ3n) is 3.24. The number of benzene rings is 1. The van der Waals surface area contributed by atoms with Gasteiger partial charge in [-0.2, -0.15) is 4.39 Å². The average Bonchev–Trinajstić information content (AvgIpc) is 2.58. The highest BCUT2D eigenvalue weighted by molar-refractivity contribution is 6.07. The fourth-order valence-corrected chi connectivity index (χ4v) is 1.98. The highest BCUT2D eigenvalue weighted by Gasteiger charge is 2.17. The van der Waals surface area contributed by atoms with E-state index in [-0.39, 0.29) is 35.0 Å². The van der Waals surface area contributed by atoms with Crippen molar-refractivity contribution in [1.82, 2.24) is 4.98 Å². The van der Waals surface area contributed by atoms with Crippen LogP contribution in [0.3, 0.4) is 0 Å². The molecule has 0 aliphatic rings. The Bertz CT molecular complexity index is 857. The Morgan fingerprint density at radius 2 is 2.12 bits per heavy atom. The summed E-state index contributed by atoms with van der Waals surface area (Å²) in [5, 5.41) is 2.38. The first-order valence-corrected chi connectivity index (χ1v) is 7.55. The number of aryl methyl sites for hydroxylation is 1. The van der Waals surface area contributed by atoms with Crippen molar-refractivity contribution in [2.75, 3.05) is 17.7 Å². The minimum atomic E-state index is -0.760. The summed E-state index contributed by atoms with van der Waals surface area (Å²) in [6.45, 7) is 3.38. The van der Waals surface area contributed by atoms with E-state index in [1.54, 1.807) is 0 Å². The molecule has 0 spiro atoms. The second-order valence-corrected chi connectivity index (χ2v) is 5.10. The number of carbonyl (C=O) groups excluding carboxylic acids is 1. The zero-order valence-electron chi connectivity index (χ0n) is 13.8. The number of hydrogen-bond donors (Lipinski definition) is 2. The molecule has 0 unspecified atom stereocenters. The van der Waals surface area contributed by atoms with Gasteiger partial charge in [-0.3, -0.25) is 4.79 Å². The highest BCUT2D eigenvalue weighted by atomic mass is 19.1. The number of ether oxygens (including phenoxy) is 1. The number of nitrogens with zero attached hydrogens (tertiary/aromatic N) is 1. The van der Waals surface area contributed by atoms with Gasteiger partial charge in [-0.25, -0.2) is 9.37 Å². The first-order valence-electron chi connectivity index (χ1n) is 7.55. The maximum Gasteiger partial charge on any atom is 0.259 e. The molecular formula is C18H17F2N3O2. The van der Waals surface area contributed by atoms with E-state index < -0.39 is 17.7 Å². The Hall–Kier alpha value is -3.14. The number of rotatable bonds is 4. The van der Waals surface area contributed by atoms with E-state index in [2.05, 4.69) is 22.1 Å². The molecule has 0 aliphatic carbocycles. The van der Waals surface area contributed by atoms with Crippen molar-refractivity contribution in [2.24, 2.45) is 0 Å². The SMILES string of the molecule is CCC#CCOc1cccc(NC(=O)c2cc(C)c(F)nc2N)c1F. The summed E-state index contributed by atoms with van der Waals surface area (Å²) < 4.78 is 33.0. The van der Waals surface area contributed by atoms with Gasteiger partial charge in [0.1, 0.15) is 12.4 Å². The van der Waals surface area contributed by atoms with Crippen molar-refractivity contribution >= 4 is 17.4 Å². The molecule has 1 heterocycles. The number of amides is 1. The molecule has 7 heteroatoms. The van der Waals surface area contributed by atoms with Crippen LogP contribution in [-0.4, -0.2) is 17.5 Å². The van der Waals surface area contributed by atoms with Gasteiger partial charge in [-0.1, -0.05) is 18.9 Å². The van der Waals surface area contributed by atoms with Crippen LogP contribution in [0.15, 0.2) is 24.3 Å². The zero-order chi connectivity index (χ0) is 18.4. The molecule has 0 saturated carbocycles. The minimum absolute atomic E-state index is 0.0374. The van der Waals surface area contributed by atoms with Crippen LogP contribution in [0, 0.1) is 30.5 Å². The summed E-state index contributed by atoms with van der Waals surface area (Å²) in [6.07, 6.45) is 0.675. The predicted octanol–water partition coefficient (Wildman–Crippen LogP) is 3.29. The quantitative estimate of drug-likeness (QED) is 0.658. The lowest BCUT2D eigenvalue weighted by Gasteiger charge is -2.11. The van der Waals surface area contributed by atoms with Crippen LogP contribution in [0.25, 0.3) is 0 Å². The molecule has 3 N–H and O–H groups in total. The van der Waals surface area contributed by atoms with Gasteiger partial charge in [0.25, 0.3) is 5.91 Å². The Balaban J connectivity index is 2.20. The molecule has 0 aliphatic heterocycles. The molecule has 0 fully saturated rings. The summed E-state index contributed by atoms with van der Waals surface area (Å²) in [4.78, 5) is 15.7. The number of aromatic nitrogens is 1. The third-order valence-corrected chi connectivity index (χ3v) is 3.24. The summed E-state index contributed by atoms with van der Waals surface area (Å²) in [5.41, 5.74) is 5.59. The number of halogens is 2. The maximum atomic E-state index is 14.4. The Morgan fingerprint density at radius 3 is 2.84 bits per heavy atom. The fourth-order valence-electron chi connectivity index (χ4n) is 1.98. The van der Waals surface area contributed by atoms with Crippen molar-refractivity contribution in [2.45, 2.75) is 20.3 Å².